The second-order valence-corrected chi connectivity index (χ2v) is 3.65. The predicted molar refractivity (Wildman–Crippen MR) is 67.9 cm³/mol. The molecule has 0 aliphatic rings. The number of nitrogens with zero attached hydrogens (tertiary/aromatic N) is 2. The number of pyridine rings is 1. The molecule has 0 aliphatic heterocycles. The number of hydrogen-bond donors (Lipinski definition) is 1. The Kier molecular flexibility index (Phi) is 3.05. The summed E-state index contributed by atoms with van der Waals surface area (Å²) in [4.78, 5) is 17.3. The maximum Gasteiger partial charge on any atom is 0.228 e. The number of rotatable bonds is 2. The number of benzene rings is 1. The van der Waals surface area contributed by atoms with Crippen LogP contribution in [0, 0.1) is 0 Å². The highest BCUT2D eigenvalue weighted by Gasteiger charge is 2.13. The largest absolute Gasteiger partial charge is 0.399 e. The Morgan fingerprint density at radius 1 is 1.06 bits per heavy atom. The van der Waals surface area contributed by atoms with Crippen molar-refractivity contribution >= 4 is 23.0 Å². The van der Waals surface area contributed by atoms with Crippen molar-refractivity contribution in [2.45, 2.75) is 6.92 Å². The van der Waals surface area contributed by atoms with Gasteiger partial charge in [0.25, 0.3) is 0 Å². The molecular weight excluding hydrogens is 214 g/mol. The van der Waals surface area contributed by atoms with Gasteiger partial charge in [-0.3, -0.25) is 14.7 Å². The molecule has 0 radical (unpaired) electrons. The number of hydrogen-bond acceptors (Lipinski definition) is 3. The molecule has 0 spiro atoms. The minimum Gasteiger partial charge on any atom is -0.399 e. The van der Waals surface area contributed by atoms with E-state index in [0.717, 1.165) is 11.4 Å². The van der Waals surface area contributed by atoms with Gasteiger partial charge in [-0.25, -0.2) is 0 Å². The maximum absolute atomic E-state index is 11.7. The number of nitrogen functional groups attached to an aromatic ring is 1. The third kappa shape index (κ3) is 2.42. The summed E-state index contributed by atoms with van der Waals surface area (Å²) >= 11 is 0. The van der Waals surface area contributed by atoms with Gasteiger partial charge in [-0.1, -0.05) is 0 Å². The molecule has 0 saturated heterocycles. The van der Waals surface area contributed by atoms with Crippen LogP contribution in [0.3, 0.4) is 0 Å². The maximum atomic E-state index is 11.7. The number of carbonyl (C=O) groups excluding carboxylic acids is 1. The summed E-state index contributed by atoms with van der Waals surface area (Å²) in [5, 5.41) is 0. The quantitative estimate of drug-likeness (QED) is 0.801. The molecule has 1 aromatic heterocycles. The molecule has 2 rings (SSSR count). The van der Waals surface area contributed by atoms with E-state index in [2.05, 4.69) is 4.98 Å². The molecule has 0 atom stereocenters. The zero-order valence-corrected chi connectivity index (χ0v) is 9.50. The van der Waals surface area contributed by atoms with Crippen LogP contribution in [0.4, 0.5) is 17.1 Å². The van der Waals surface area contributed by atoms with Gasteiger partial charge in [-0.05, 0) is 36.4 Å². The highest BCUT2D eigenvalue weighted by molar-refractivity contribution is 5.99. The average molecular weight is 227 g/mol. The highest BCUT2D eigenvalue weighted by Crippen LogP contribution is 2.25. The molecule has 1 aromatic carbocycles. The third-order valence-electron chi connectivity index (χ3n) is 2.39. The van der Waals surface area contributed by atoms with Crippen LogP contribution in [0.15, 0.2) is 48.8 Å². The van der Waals surface area contributed by atoms with Gasteiger partial charge >= 0.3 is 0 Å². The van der Waals surface area contributed by atoms with Crippen LogP contribution in [0.2, 0.25) is 0 Å². The Hall–Kier alpha value is -2.36. The molecule has 17 heavy (non-hydrogen) atoms. The van der Waals surface area contributed by atoms with E-state index in [1.54, 1.807) is 41.6 Å². The van der Waals surface area contributed by atoms with E-state index >= 15 is 0 Å². The SMILES string of the molecule is CC(=O)N(c1ccncc1)c1ccc(N)cc1. The van der Waals surface area contributed by atoms with Gasteiger partial charge in [0.1, 0.15) is 0 Å². The normalized spacial score (nSPS) is 9.94. The Labute approximate surface area is 99.7 Å². The van der Waals surface area contributed by atoms with Gasteiger partial charge in [-0.15, -0.1) is 0 Å². The van der Waals surface area contributed by atoms with E-state index in [0.29, 0.717) is 5.69 Å². The summed E-state index contributed by atoms with van der Waals surface area (Å²) in [7, 11) is 0. The first-order valence-electron chi connectivity index (χ1n) is 5.25. The zero-order valence-electron chi connectivity index (χ0n) is 9.50. The summed E-state index contributed by atoms with van der Waals surface area (Å²) in [6.07, 6.45) is 3.31. The summed E-state index contributed by atoms with van der Waals surface area (Å²) in [5.74, 6) is -0.0547. The molecule has 2 aromatic rings. The second-order valence-electron chi connectivity index (χ2n) is 3.65. The minimum atomic E-state index is -0.0547. The topological polar surface area (TPSA) is 59.2 Å². The van der Waals surface area contributed by atoms with E-state index in [1.165, 1.54) is 6.92 Å². The fourth-order valence-corrected chi connectivity index (χ4v) is 1.63. The molecule has 4 nitrogen and oxygen atoms in total. The molecule has 0 fully saturated rings. The van der Waals surface area contributed by atoms with Gasteiger partial charge in [0.05, 0.1) is 5.69 Å². The van der Waals surface area contributed by atoms with Crippen LogP contribution in [-0.2, 0) is 4.79 Å². The van der Waals surface area contributed by atoms with Crippen LogP contribution in [-0.4, -0.2) is 10.9 Å². The summed E-state index contributed by atoms with van der Waals surface area (Å²) in [5.41, 5.74) is 7.88. The predicted octanol–water partition coefficient (Wildman–Crippen LogP) is 2.35. The molecule has 0 bridgehead atoms. The molecule has 0 saturated carbocycles. The van der Waals surface area contributed by atoms with Crippen molar-refractivity contribution in [1.82, 2.24) is 4.98 Å². The lowest BCUT2D eigenvalue weighted by molar-refractivity contribution is -0.115. The van der Waals surface area contributed by atoms with Crippen LogP contribution in [0.25, 0.3) is 0 Å². The number of aromatic nitrogens is 1. The Morgan fingerprint density at radius 2 is 1.59 bits per heavy atom. The number of nitrogens with two attached hydrogens (primary N) is 1. The van der Waals surface area contributed by atoms with Crippen molar-refractivity contribution in [3.05, 3.63) is 48.8 Å². The van der Waals surface area contributed by atoms with E-state index < -0.39 is 0 Å². The van der Waals surface area contributed by atoms with E-state index in [4.69, 9.17) is 5.73 Å². The van der Waals surface area contributed by atoms with Crippen molar-refractivity contribution in [2.75, 3.05) is 10.6 Å². The molecule has 0 aliphatic carbocycles. The monoisotopic (exact) mass is 227 g/mol. The van der Waals surface area contributed by atoms with Gasteiger partial charge in [0.2, 0.25) is 5.91 Å². The minimum absolute atomic E-state index is 0.0547. The van der Waals surface area contributed by atoms with Crippen molar-refractivity contribution < 1.29 is 4.79 Å². The van der Waals surface area contributed by atoms with Crippen molar-refractivity contribution in [3.8, 4) is 0 Å². The molecule has 1 heterocycles. The first-order chi connectivity index (χ1) is 8.18. The molecule has 4 heteroatoms. The summed E-state index contributed by atoms with van der Waals surface area (Å²) < 4.78 is 0. The van der Waals surface area contributed by atoms with Crippen molar-refractivity contribution in [2.24, 2.45) is 0 Å². The molecule has 1 amide bonds. The van der Waals surface area contributed by atoms with Gasteiger partial charge in [0.15, 0.2) is 0 Å². The third-order valence-corrected chi connectivity index (χ3v) is 2.39. The lowest BCUT2D eigenvalue weighted by Crippen LogP contribution is -2.22. The van der Waals surface area contributed by atoms with Crippen molar-refractivity contribution in [1.29, 1.82) is 0 Å². The van der Waals surface area contributed by atoms with Gasteiger partial charge in [-0.2, -0.15) is 0 Å². The van der Waals surface area contributed by atoms with Crippen molar-refractivity contribution in [3.63, 3.8) is 0 Å². The highest BCUT2D eigenvalue weighted by atomic mass is 16.2. The number of anilines is 3. The fraction of sp³-hybridized carbons (Fsp3) is 0.0769. The van der Waals surface area contributed by atoms with E-state index in [1.807, 2.05) is 12.1 Å². The molecular formula is C13H13N3O. The van der Waals surface area contributed by atoms with Crippen LogP contribution in [0.1, 0.15) is 6.92 Å². The van der Waals surface area contributed by atoms with Gasteiger partial charge in [0, 0.05) is 30.7 Å². The van der Waals surface area contributed by atoms with Crippen LogP contribution < -0.4 is 10.6 Å². The smallest absolute Gasteiger partial charge is 0.228 e. The second kappa shape index (κ2) is 4.65. The average Bonchev–Trinajstić information content (AvgIpc) is 2.33. The van der Waals surface area contributed by atoms with Gasteiger partial charge < -0.3 is 5.73 Å². The molecule has 86 valence electrons. The molecule has 2 N–H and O–H groups in total. The van der Waals surface area contributed by atoms with E-state index in [-0.39, 0.29) is 5.91 Å². The Morgan fingerprint density at radius 3 is 2.12 bits per heavy atom. The number of amides is 1. The lowest BCUT2D eigenvalue weighted by Gasteiger charge is -2.21. The van der Waals surface area contributed by atoms with Crippen LogP contribution >= 0.6 is 0 Å². The Bertz CT molecular complexity index is 508. The summed E-state index contributed by atoms with van der Waals surface area (Å²) in [6.45, 7) is 1.52. The fourth-order valence-electron chi connectivity index (χ4n) is 1.63. The lowest BCUT2D eigenvalue weighted by atomic mass is 10.2. The Balaban J connectivity index is 2.43. The molecule has 0 unspecified atom stereocenters. The standard InChI is InChI=1S/C13H13N3O/c1-10(17)16(13-6-8-15-9-7-13)12-4-2-11(14)3-5-12/h2-9H,14H2,1H3. The van der Waals surface area contributed by atoms with E-state index in [9.17, 15) is 4.79 Å². The van der Waals surface area contributed by atoms with Crippen LogP contribution in [0.5, 0.6) is 0 Å². The number of carbonyl (C=O) groups is 1. The summed E-state index contributed by atoms with van der Waals surface area (Å²) in [6, 6.07) is 10.8. The first-order valence-corrected chi connectivity index (χ1v) is 5.25. The zero-order chi connectivity index (χ0) is 12.3. The first kappa shape index (κ1) is 11.1.